The van der Waals surface area contributed by atoms with Crippen LogP contribution in [0.25, 0.3) is 0 Å². The first-order valence-corrected chi connectivity index (χ1v) is 9.24. The van der Waals surface area contributed by atoms with Gasteiger partial charge in [-0.3, -0.25) is 0 Å². The molecule has 1 aliphatic heterocycles. The molecule has 0 saturated carbocycles. The summed E-state index contributed by atoms with van der Waals surface area (Å²) in [4.78, 5) is 4.61. The summed E-state index contributed by atoms with van der Waals surface area (Å²) in [5.41, 5.74) is 3.13. The zero-order valence-corrected chi connectivity index (χ0v) is 15.2. The van der Waals surface area contributed by atoms with Crippen LogP contribution in [0.5, 0.6) is 0 Å². The van der Waals surface area contributed by atoms with E-state index in [4.69, 9.17) is 17.5 Å². The molecule has 128 valence electrons. The molecule has 1 aliphatic rings. The van der Waals surface area contributed by atoms with Crippen molar-refractivity contribution in [2.24, 2.45) is 0 Å². The summed E-state index contributed by atoms with van der Waals surface area (Å²) >= 11 is 5.84. The average molecular weight is 350 g/mol. The molecule has 3 nitrogen and oxygen atoms in total. The second-order valence-corrected chi connectivity index (χ2v) is 6.85. The molecule has 0 aromatic heterocycles. The molecule has 0 amide bonds. The molecule has 1 saturated heterocycles. The van der Waals surface area contributed by atoms with Gasteiger partial charge in [0.05, 0.1) is 11.6 Å². The summed E-state index contributed by atoms with van der Waals surface area (Å²) < 4.78 is 0. The van der Waals surface area contributed by atoms with E-state index in [1.165, 1.54) is 30.4 Å². The minimum absolute atomic E-state index is 0.692. The van der Waals surface area contributed by atoms with Crippen molar-refractivity contribution < 1.29 is 0 Å². The number of piperidine rings is 1. The summed E-state index contributed by atoms with van der Waals surface area (Å²) in [6, 6.07) is 20.4. The van der Waals surface area contributed by atoms with Crippen molar-refractivity contribution in [3.8, 4) is 6.07 Å². The summed E-state index contributed by atoms with van der Waals surface area (Å²) in [5.74, 6) is 0. The lowest BCUT2D eigenvalue weighted by atomic mass is 10.1. The number of nitrogens with zero attached hydrogens (tertiary/aromatic N) is 3. The van der Waals surface area contributed by atoms with Crippen LogP contribution in [-0.2, 0) is 13.1 Å². The van der Waals surface area contributed by atoms with Gasteiger partial charge in [0, 0.05) is 26.2 Å². The molecule has 0 aliphatic carbocycles. The number of nitriles is 1. The number of benzene rings is 2. The Balaban J connectivity index is 1.77. The quantitative estimate of drug-likeness (QED) is 0.769. The molecule has 0 radical (unpaired) electrons. The molecule has 0 unspecified atom stereocenters. The number of likely N-dealkylation sites (tertiary alicyclic amines) is 1. The van der Waals surface area contributed by atoms with Gasteiger partial charge in [-0.05, 0) is 54.7 Å². The van der Waals surface area contributed by atoms with E-state index in [2.05, 4.69) is 40.1 Å². The van der Waals surface area contributed by atoms with Gasteiger partial charge in [-0.2, -0.15) is 5.26 Å². The minimum Gasteiger partial charge on any atom is -0.349 e. The molecule has 0 spiro atoms. The van der Waals surface area contributed by atoms with Crippen molar-refractivity contribution in [1.82, 2.24) is 9.80 Å². The van der Waals surface area contributed by atoms with E-state index >= 15 is 0 Å². The Kier molecular flexibility index (Phi) is 6.03. The molecule has 3 rings (SSSR count). The molecule has 1 fully saturated rings. The molecular weight excluding hydrogens is 326 g/mol. The van der Waals surface area contributed by atoms with E-state index in [1.807, 2.05) is 30.3 Å². The van der Waals surface area contributed by atoms with Crippen LogP contribution >= 0.6 is 12.2 Å². The fourth-order valence-electron chi connectivity index (χ4n) is 3.19. The Morgan fingerprint density at radius 2 is 1.52 bits per heavy atom. The van der Waals surface area contributed by atoms with Gasteiger partial charge in [0.15, 0.2) is 5.11 Å². The maximum absolute atomic E-state index is 8.98. The number of hydrogen-bond donors (Lipinski definition) is 0. The van der Waals surface area contributed by atoms with Crippen LogP contribution in [0.4, 0.5) is 0 Å². The van der Waals surface area contributed by atoms with Gasteiger partial charge >= 0.3 is 0 Å². The lowest BCUT2D eigenvalue weighted by Crippen LogP contribution is -2.44. The summed E-state index contributed by atoms with van der Waals surface area (Å²) in [6.07, 6.45) is 3.74. The van der Waals surface area contributed by atoms with Gasteiger partial charge in [-0.25, -0.2) is 0 Å². The third kappa shape index (κ3) is 4.80. The highest BCUT2D eigenvalue weighted by Gasteiger charge is 2.19. The molecule has 0 N–H and O–H groups in total. The molecule has 2 aromatic rings. The van der Waals surface area contributed by atoms with Crippen molar-refractivity contribution in [2.45, 2.75) is 32.4 Å². The summed E-state index contributed by atoms with van der Waals surface area (Å²) in [5, 5.41) is 9.91. The maximum atomic E-state index is 8.98. The monoisotopic (exact) mass is 349 g/mol. The largest absolute Gasteiger partial charge is 0.349 e. The van der Waals surface area contributed by atoms with Crippen LogP contribution in [0.2, 0.25) is 0 Å². The van der Waals surface area contributed by atoms with E-state index in [0.29, 0.717) is 5.56 Å². The zero-order valence-electron chi connectivity index (χ0n) is 14.4. The highest BCUT2D eigenvalue weighted by atomic mass is 32.1. The Labute approximate surface area is 155 Å². The standard InChI is InChI=1S/C21H23N3S/c22-15-18-9-11-20(12-10-18)17-24(16-19-7-3-1-4-8-19)21(25)23-13-5-2-6-14-23/h1,3-4,7-12H,2,5-6,13-14,16-17H2. The fourth-order valence-corrected chi connectivity index (χ4v) is 3.50. The first-order valence-electron chi connectivity index (χ1n) is 8.83. The van der Waals surface area contributed by atoms with Crippen LogP contribution in [0.15, 0.2) is 54.6 Å². The molecule has 25 heavy (non-hydrogen) atoms. The lowest BCUT2D eigenvalue weighted by Gasteiger charge is -2.36. The normalized spacial score (nSPS) is 14.0. The molecule has 0 bridgehead atoms. The molecule has 4 heteroatoms. The molecule has 0 atom stereocenters. The van der Waals surface area contributed by atoms with Crippen LogP contribution in [-0.4, -0.2) is 28.0 Å². The van der Waals surface area contributed by atoms with Crippen molar-refractivity contribution in [2.75, 3.05) is 13.1 Å². The smallest absolute Gasteiger partial charge is 0.172 e. The van der Waals surface area contributed by atoms with E-state index in [1.54, 1.807) is 0 Å². The Morgan fingerprint density at radius 3 is 2.12 bits per heavy atom. The van der Waals surface area contributed by atoms with E-state index in [-0.39, 0.29) is 0 Å². The van der Waals surface area contributed by atoms with Gasteiger partial charge in [0.25, 0.3) is 0 Å². The topological polar surface area (TPSA) is 30.3 Å². The van der Waals surface area contributed by atoms with Gasteiger partial charge in [0.1, 0.15) is 0 Å². The van der Waals surface area contributed by atoms with Crippen LogP contribution < -0.4 is 0 Å². The van der Waals surface area contributed by atoms with Crippen molar-refractivity contribution >= 4 is 17.3 Å². The predicted octanol–water partition coefficient (Wildman–Crippen LogP) is 4.33. The molecular formula is C21H23N3S. The maximum Gasteiger partial charge on any atom is 0.172 e. The van der Waals surface area contributed by atoms with Gasteiger partial charge in [-0.15, -0.1) is 0 Å². The second kappa shape index (κ2) is 8.64. The first-order chi connectivity index (χ1) is 12.3. The summed E-state index contributed by atoms with van der Waals surface area (Å²) in [7, 11) is 0. The summed E-state index contributed by atoms with van der Waals surface area (Å²) in [6.45, 7) is 3.67. The number of hydrogen-bond acceptors (Lipinski definition) is 2. The van der Waals surface area contributed by atoms with E-state index in [9.17, 15) is 0 Å². The van der Waals surface area contributed by atoms with E-state index < -0.39 is 0 Å². The predicted molar refractivity (Wildman–Crippen MR) is 105 cm³/mol. The minimum atomic E-state index is 0.692. The fraction of sp³-hybridized carbons (Fsp3) is 0.333. The second-order valence-electron chi connectivity index (χ2n) is 6.48. The lowest BCUT2D eigenvalue weighted by molar-refractivity contribution is 0.282. The average Bonchev–Trinajstić information content (AvgIpc) is 2.69. The van der Waals surface area contributed by atoms with Gasteiger partial charge < -0.3 is 9.80 Å². The number of rotatable bonds is 4. The molecule has 1 heterocycles. The third-order valence-electron chi connectivity index (χ3n) is 4.57. The van der Waals surface area contributed by atoms with E-state index in [0.717, 1.165) is 31.3 Å². The van der Waals surface area contributed by atoms with Crippen molar-refractivity contribution in [1.29, 1.82) is 5.26 Å². The van der Waals surface area contributed by atoms with Gasteiger partial charge in [0.2, 0.25) is 0 Å². The zero-order chi connectivity index (χ0) is 17.5. The van der Waals surface area contributed by atoms with Crippen LogP contribution in [0, 0.1) is 11.3 Å². The highest BCUT2D eigenvalue weighted by molar-refractivity contribution is 7.80. The first kappa shape index (κ1) is 17.4. The van der Waals surface area contributed by atoms with Crippen molar-refractivity contribution in [3.05, 3.63) is 71.3 Å². The Hall–Kier alpha value is -2.38. The Morgan fingerprint density at radius 1 is 0.920 bits per heavy atom. The van der Waals surface area contributed by atoms with Gasteiger partial charge in [-0.1, -0.05) is 42.5 Å². The van der Waals surface area contributed by atoms with Crippen molar-refractivity contribution in [3.63, 3.8) is 0 Å². The highest BCUT2D eigenvalue weighted by Crippen LogP contribution is 2.17. The third-order valence-corrected chi connectivity index (χ3v) is 5.09. The number of thiocarbonyl (C=S) groups is 1. The van der Waals surface area contributed by atoms with Crippen LogP contribution in [0.1, 0.15) is 36.0 Å². The Bertz CT molecular complexity index is 728. The SMILES string of the molecule is N#Cc1ccc(CN(Cc2ccccc2)C(=S)N2CCCCC2)cc1. The van der Waals surface area contributed by atoms with Crippen LogP contribution in [0.3, 0.4) is 0 Å². The molecule has 2 aromatic carbocycles.